The van der Waals surface area contributed by atoms with Gasteiger partial charge in [0.05, 0.1) is 12.4 Å². The Labute approximate surface area is 150 Å². The van der Waals surface area contributed by atoms with E-state index in [2.05, 4.69) is 5.32 Å². The first-order valence-electron chi connectivity index (χ1n) is 8.70. The Morgan fingerprint density at radius 3 is 2.80 bits per heavy atom. The summed E-state index contributed by atoms with van der Waals surface area (Å²) in [5, 5.41) is 13.6. The highest BCUT2D eigenvalue weighted by atomic mass is 32.2. The summed E-state index contributed by atoms with van der Waals surface area (Å²) in [7, 11) is -3.14. The molecule has 25 heavy (non-hydrogen) atoms. The Kier molecular flexibility index (Phi) is 6.59. The molecule has 1 saturated heterocycles. The molecule has 1 aromatic rings. The molecule has 142 valence electrons. The molecule has 0 unspecified atom stereocenters. The number of hydrogen-bond donors (Lipinski definition) is 2. The summed E-state index contributed by atoms with van der Waals surface area (Å²) in [5.74, 6) is -0.0730. The number of β-amino-alcohol motifs (C(OH)–C–C–N with tert-alkyl or cyclic N) is 1. The summed E-state index contributed by atoms with van der Waals surface area (Å²) in [6, 6.07) is 5.98. The van der Waals surface area contributed by atoms with Crippen molar-refractivity contribution in [3.63, 3.8) is 0 Å². The van der Waals surface area contributed by atoms with E-state index in [1.165, 1.54) is 18.4 Å². The van der Waals surface area contributed by atoms with E-state index < -0.39 is 16.1 Å². The number of aliphatic hydroxyl groups is 1. The zero-order valence-electron chi connectivity index (χ0n) is 15.2. The molecule has 7 heteroatoms. The maximum atomic E-state index is 13.3. The van der Waals surface area contributed by atoms with Crippen LogP contribution in [0.4, 0.5) is 4.39 Å². The highest BCUT2D eigenvalue weighted by Gasteiger charge is 2.30. The van der Waals surface area contributed by atoms with Crippen molar-refractivity contribution >= 4 is 10.0 Å². The number of hydrogen-bond acceptors (Lipinski definition) is 4. The van der Waals surface area contributed by atoms with E-state index in [1.54, 1.807) is 16.4 Å². The van der Waals surface area contributed by atoms with E-state index >= 15 is 0 Å². The van der Waals surface area contributed by atoms with Gasteiger partial charge < -0.3 is 10.4 Å². The molecular formula is C18H29FN2O3S. The Balaban J connectivity index is 1.88. The van der Waals surface area contributed by atoms with E-state index in [4.69, 9.17) is 0 Å². The fourth-order valence-corrected chi connectivity index (χ4v) is 4.44. The highest BCUT2D eigenvalue weighted by molar-refractivity contribution is 7.88. The summed E-state index contributed by atoms with van der Waals surface area (Å²) >= 11 is 0. The number of benzene rings is 1. The first kappa shape index (κ1) is 20.3. The van der Waals surface area contributed by atoms with E-state index in [0.29, 0.717) is 25.2 Å². The minimum atomic E-state index is -3.14. The zero-order valence-corrected chi connectivity index (χ0v) is 16.0. The van der Waals surface area contributed by atoms with Crippen LogP contribution < -0.4 is 5.32 Å². The van der Waals surface area contributed by atoms with Crippen LogP contribution in [0.15, 0.2) is 24.3 Å². The van der Waals surface area contributed by atoms with Crippen LogP contribution in [0.5, 0.6) is 0 Å². The SMILES string of the molecule is CC(C)(C[C@H]1CCCN(S(C)(=O)=O)C1)NC[C@H](O)c1cccc(F)c1. The number of halogens is 1. The summed E-state index contributed by atoms with van der Waals surface area (Å²) in [6.45, 7) is 5.56. The number of piperidine rings is 1. The highest BCUT2D eigenvalue weighted by Crippen LogP contribution is 2.27. The summed E-state index contributed by atoms with van der Waals surface area (Å²) in [6.07, 6.45) is 3.17. The fraction of sp³-hybridized carbons (Fsp3) is 0.667. The van der Waals surface area contributed by atoms with E-state index in [-0.39, 0.29) is 17.3 Å². The van der Waals surface area contributed by atoms with Crippen LogP contribution in [0.3, 0.4) is 0 Å². The average Bonchev–Trinajstić information content (AvgIpc) is 2.52. The number of nitrogens with zero attached hydrogens (tertiary/aromatic N) is 1. The van der Waals surface area contributed by atoms with Crippen LogP contribution in [0, 0.1) is 11.7 Å². The third-order valence-electron chi connectivity index (χ3n) is 4.76. The van der Waals surface area contributed by atoms with Crippen molar-refractivity contribution in [3.05, 3.63) is 35.6 Å². The van der Waals surface area contributed by atoms with E-state index in [1.807, 2.05) is 13.8 Å². The van der Waals surface area contributed by atoms with Crippen molar-refractivity contribution < 1.29 is 17.9 Å². The van der Waals surface area contributed by atoms with Crippen LogP contribution >= 0.6 is 0 Å². The number of sulfonamides is 1. The van der Waals surface area contributed by atoms with Crippen LogP contribution in [0.1, 0.15) is 44.8 Å². The molecule has 2 atom stereocenters. The van der Waals surface area contributed by atoms with Gasteiger partial charge in [0.25, 0.3) is 0 Å². The Morgan fingerprint density at radius 2 is 2.16 bits per heavy atom. The molecule has 1 fully saturated rings. The van der Waals surface area contributed by atoms with Crippen molar-refractivity contribution in [2.75, 3.05) is 25.9 Å². The lowest BCUT2D eigenvalue weighted by Gasteiger charge is -2.37. The van der Waals surface area contributed by atoms with Crippen molar-refractivity contribution in [1.29, 1.82) is 0 Å². The lowest BCUT2D eigenvalue weighted by atomic mass is 9.86. The minimum absolute atomic E-state index is 0.251. The van der Waals surface area contributed by atoms with Crippen LogP contribution in [-0.2, 0) is 10.0 Å². The monoisotopic (exact) mass is 372 g/mol. The van der Waals surface area contributed by atoms with Crippen LogP contribution in [0.2, 0.25) is 0 Å². The average molecular weight is 373 g/mol. The molecule has 0 bridgehead atoms. The summed E-state index contributed by atoms with van der Waals surface area (Å²) in [5.41, 5.74) is 0.295. The summed E-state index contributed by atoms with van der Waals surface area (Å²) in [4.78, 5) is 0. The molecule has 1 aliphatic heterocycles. The molecule has 0 radical (unpaired) electrons. The molecule has 0 aromatic heterocycles. The molecule has 0 amide bonds. The largest absolute Gasteiger partial charge is 0.387 e. The van der Waals surface area contributed by atoms with E-state index in [0.717, 1.165) is 19.3 Å². The lowest BCUT2D eigenvalue weighted by Crippen LogP contribution is -2.46. The van der Waals surface area contributed by atoms with Gasteiger partial charge in [0.15, 0.2) is 0 Å². The maximum Gasteiger partial charge on any atom is 0.211 e. The Morgan fingerprint density at radius 1 is 1.44 bits per heavy atom. The Bertz CT molecular complexity index is 679. The normalized spacial score (nSPS) is 21.2. The van der Waals surface area contributed by atoms with Gasteiger partial charge in [-0.2, -0.15) is 0 Å². The second-order valence-electron chi connectivity index (χ2n) is 7.67. The van der Waals surface area contributed by atoms with Crippen molar-refractivity contribution in [1.82, 2.24) is 9.62 Å². The van der Waals surface area contributed by atoms with Crippen LogP contribution in [-0.4, -0.2) is 49.3 Å². The smallest absolute Gasteiger partial charge is 0.211 e. The van der Waals surface area contributed by atoms with Gasteiger partial charge in [-0.3, -0.25) is 0 Å². The minimum Gasteiger partial charge on any atom is -0.387 e. The van der Waals surface area contributed by atoms with Gasteiger partial charge >= 0.3 is 0 Å². The molecule has 0 spiro atoms. The molecule has 1 aliphatic rings. The standard InChI is InChI=1S/C18H29FN2O3S/c1-18(2,11-14-6-5-9-21(13-14)25(3,23)24)20-12-17(22)15-7-4-8-16(19)10-15/h4,7-8,10,14,17,20,22H,5-6,9,11-13H2,1-3H3/t14-,17+/m1/s1. The second kappa shape index (κ2) is 8.12. The van der Waals surface area contributed by atoms with Gasteiger partial charge in [-0.1, -0.05) is 12.1 Å². The third kappa shape index (κ3) is 6.33. The third-order valence-corrected chi connectivity index (χ3v) is 6.03. The van der Waals surface area contributed by atoms with Crippen molar-refractivity contribution in [3.8, 4) is 0 Å². The molecule has 2 N–H and O–H groups in total. The van der Waals surface area contributed by atoms with Crippen molar-refractivity contribution in [2.45, 2.75) is 44.8 Å². The van der Waals surface area contributed by atoms with Gasteiger partial charge in [0, 0.05) is 25.2 Å². The number of nitrogens with one attached hydrogen (secondary N) is 1. The lowest BCUT2D eigenvalue weighted by molar-refractivity contribution is 0.147. The number of rotatable bonds is 7. The quantitative estimate of drug-likeness (QED) is 0.770. The van der Waals surface area contributed by atoms with Crippen LogP contribution in [0.25, 0.3) is 0 Å². The van der Waals surface area contributed by atoms with E-state index in [9.17, 15) is 17.9 Å². The predicted octanol–water partition coefficient (Wildman–Crippen LogP) is 2.29. The van der Waals surface area contributed by atoms with Gasteiger partial charge in [-0.05, 0) is 56.7 Å². The van der Waals surface area contributed by atoms with Gasteiger partial charge in [-0.15, -0.1) is 0 Å². The number of aliphatic hydroxyl groups excluding tert-OH is 1. The molecule has 1 aromatic carbocycles. The molecule has 1 heterocycles. The summed E-state index contributed by atoms with van der Waals surface area (Å²) < 4.78 is 38.3. The predicted molar refractivity (Wildman–Crippen MR) is 97.2 cm³/mol. The molecule has 5 nitrogen and oxygen atoms in total. The Hall–Kier alpha value is -1.02. The van der Waals surface area contributed by atoms with Gasteiger partial charge in [0.2, 0.25) is 10.0 Å². The molecule has 0 saturated carbocycles. The first-order chi connectivity index (χ1) is 11.6. The molecule has 0 aliphatic carbocycles. The van der Waals surface area contributed by atoms with Gasteiger partial charge in [0.1, 0.15) is 5.82 Å². The molecular weight excluding hydrogens is 343 g/mol. The van der Waals surface area contributed by atoms with Crippen molar-refractivity contribution in [2.24, 2.45) is 5.92 Å². The first-order valence-corrected chi connectivity index (χ1v) is 10.6. The fourth-order valence-electron chi connectivity index (χ4n) is 3.49. The molecule has 2 rings (SSSR count). The maximum absolute atomic E-state index is 13.3. The topological polar surface area (TPSA) is 69.6 Å². The zero-order chi connectivity index (χ0) is 18.7. The second-order valence-corrected chi connectivity index (χ2v) is 9.65. The van der Waals surface area contributed by atoms with Gasteiger partial charge in [-0.25, -0.2) is 17.1 Å².